The molecule has 0 aromatic heterocycles. The van der Waals surface area contributed by atoms with Crippen LogP contribution in [-0.2, 0) is 28.5 Å². The summed E-state index contributed by atoms with van der Waals surface area (Å²) >= 11 is 0. The van der Waals surface area contributed by atoms with Crippen molar-refractivity contribution in [2.24, 2.45) is 10.8 Å². The van der Waals surface area contributed by atoms with Gasteiger partial charge in [-0.2, -0.15) is 0 Å². The number of hydrogen-bond acceptors (Lipinski definition) is 8. The van der Waals surface area contributed by atoms with E-state index in [4.69, 9.17) is 18.9 Å². The zero-order chi connectivity index (χ0) is 19.6. The summed E-state index contributed by atoms with van der Waals surface area (Å²) in [5.41, 5.74) is -1.52. The molecule has 0 spiro atoms. The van der Waals surface area contributed by atoms with Crippen molar-refractivity contribution in [2.45, 2.75) is 72.2 Å². The molecule has 8 heteroatoms. The van der Waals surface area contributed by atoms with E-state index in [2.05, 4.69) is 0 Å². The molecule has 1 heterocycles. The lowest BCUT2D eigenvalue weighted by atomic mass is 9.95. The summed E-state index contributed by atoms with van der Waals surface area (Å²) in [5, 5.41) is 20.7. The number of hydrogen-bond donors (Lipinski definition) is 2. The van der Waals surface area contributed by atoms with E-state index < -0.39 is 53.5 Å². The van der Waals surface area contributed by atoms with Gasteiger partial charge in [-0.1, -0.05) is 0 Å². The van der Waals surface area contributed by atoms with Crippen LogP contribution in [0.1, 0.15) is 41.5 Å². The molecule has 146 valence electrons. The maximum Gasteiger partial charge on any atom is 0.311 e. The minimum absolute atomic E-state index is 0.257. The second-order valence-corrected chi connectivity index (χ2v) is 8.23. The molecule has 0 aromatic rings. The van der Waals surface area contributed by atoms with Crippen LogP contribution in [0.4, 0.5) is 0 Å². The average molecular weight is 362 g/mol. The SMILES string of the molecule is CO[C@H]1O[C@H](COC(=O)C(C)(C)C)[C@@H](O)[C@H](OC(=O)C(C)(C)C)[C@@H]1O. The molecule has 1 aliphatic heterocycles. The van der Waals surface area contributed by atoms with Gasteiger partial charge in [0, 0.05) is 7.11 Å². The van der Waals surface area contributed by atoms with Crippen molar-refractivity contribution in [2.75, 3.05) is 13.7 Å². The van der Waals surface area contributed by atoms with Crippen molar-refractivity contribution in [3.8, 4) is 0 Å². The molecule has 5 atom stereocenters. The van der Waals surface area contributed by atoms with Crippen LogP contribution in [0.15, 0.2) is 0 Å². The molecule has 0 amide bonds. The molecule has 0 radical (unpaired) electrons. The molecule has 0 bridgehead atoms. The molecule has 2 N–H and O–H groups in total. The maximum atomic E-state index is 12.1. The van der Waals surface area contributed by atoms with Crippen molar-refractivity contribution in [1.82, 2.24) is 0 Å². The van der Waals surface area contributed by atoms with Gasteiger partial charge in [-0.15, -0.1) is 0 Å². The van der Waals surface area contributed by atoms with E-state index in [-0.39, 0.29) is 6.61 Å². The van der Waals surface area contributed by atoms with E-state index in [9.17, 15) is 19.8 Å². The molecule has 25 heavy (non-hydrogen) atoms. The first-order valence-electron chi connectivity index (χ1n) is 8.21. The Morgan fingerprint density at radius 2 is 1.48 bits per heavy atom. The van der Waals surface area contributed by atoms with Crippen LogP contribution >= 0.6 is 0 Å². The monoisotopic (exact) mass is 362 g/mol. The fraction of sp³-hybridized carbons (Fsp3) is 0.882. The number of ether oxygens (including phenoxy) is 4. The van der Waals surface area contributed by atoms with Crippen LogP contribution in [-0.4, -0.2) is 66.6 Å². The molecule has 1 rings (SSSR count). The Morgan fingerprint density at radius 1 is 0.960 bits per heavy atom. The maximum absolute atomic E-state index is 12.1. The van der Waals surface area contributed by atoms with Gasteiger partial charge in [0.05, 0.1) is 10.8 Å². The number of carbonyl (C=O) groups is 2. The predicted molar refractivity (Wildman–Crippen MR) is 87.4 cm³/mol. The van der Waals surface area contributed by atoms with E-state index in [0.29, 0.717) is 0 Å². The van der Waals surface area contributed by atoms with Gasteiger partial charge < -0.3 is 29.2 Å². The topological polar surface area (TPSA) is 112 Å². The number of carbonyl (C=O) groups excluding carboxylic acids is 2. The minimum atomic E-state index is -1.37. The Balaban J connectivity index is 2.87. The van der Waals surface area contributed by atoms with Crippen molar-refractivity contribution >= 4 is 11.9 Å². The van der Waals surface area contributed by atoms with Gasteiger partial charge in [-0.05, 0) is 41.5 Å². The Bertz CT molecular complexity index is 476. The highest BCUT2D eigenvalue weighted by Gasteiger charge is 2.48. The minimum Gasteiger partial charge on any atom is -0.462 e. The zero-order valence-electron chi connectivity index (χ0n) is 15.9. The van der Waals surface area contributed by atoms with Gasteiger partial charge in [0.2, 0.25) is 0 Å². The number of aliphatic hydroxyl groups is 2. The van der Waals surface area contributed by atoms with Gasteiger partial charge in [-0.25, -0.2) is 0 Å². The highest BCUT2D eigenvalue weighted by molar-refractivity contribution is 5.76. The fourth-order valence-electron chi connectivity index (χ4n) is 2.05. The number of aliphatic hydroxyl groups excluding tert-OH is 2. The van der Waals surface area contributed by atoms with E-state index in [0.717, 1.165) is 0 Å². The quantitative estimate of drug-likeness (QED) is 0.701. The third-order valence-corrected chi connectivity index (χ3v) is 3.72. The van der Waals surface area contributed by atoms with Crippen molar-refractivity contribution in [3.05, 3.63) is 0 Å². The lowest BCUT2D eigenvalue weighted by Crippen LogP contribution is -2.61. The van der Waals surface area contributed by atoms with E-state index in [1.165, 1.54) is 7.11 Å². The second kappa shape index (κ2) is 7.99. The molecule has 1 fully saturated rings. The molecule has 1 saturated heterocycles. The van der Waals surface area contributed by atoms with Crippen molar-refractivity contribution < 1.29 is 38.7 Å². The Kier molecular flexibility index (Phi) is 6.97. The van der Waals surface area contributed by atoms with Crippen molar-refractivity contribution in [3.63, 3.8) is 0 Å². The lowest BCUT2D eigenvalue weighted by molar-refractivity contribution is -0.299. The number of esters is 2. The number of rotatable bonds is 4. The highest BCUT2D eigenvalue weighted by Crippen LogP contribution is 2.27. The number of methoxy groups -OCH3 is 1. The second-order valence-electron chi connectivity index (χ2n) is 8.23. The fourth-order valence-corrected chi connectivity index (χ4v) is 2.05. The first-order chi connectivity index (χ1) is 11.3. The first kappa shape index (κ1) is 21.8. The zero-order valence-corrected chi connectivity index (χ0v) is 15.9. The van der Waals surface area contributed by atoms with Crippen LogP contribution in [0.2, 0.25) is 0 Å². The third kappa shape index (κ3) is 5.64. The van der Waals surface area contributed by atoms with E-state index in [1.807, 2.05) is 0 Å². The van der Waals surface area contributed by atoms with Crippen LogP contribution in [0.5, 0.6) is 0 Å². The van der Waals surface area contributed by atoms with Crippen LogP contribution in [0, 0.1) is 10.8 Å². The summed E-state index contributed by atoms with van der Waals surface area (Å²) in [6.45, 7) is 9.81. The lowest BCUT2D eigenvalue weighted by Gasteiger charge is -2.41. The summed E-state index contributed by atoms with van der Waals surface area (Å²) in [6.07, 6.45) is -6.14. The molecule has 1 aliphatic rings. The van der Waals surface area contributed by atoms with Crippen LogP contribution in [0.3, 0.4) is 0 Å². The molecule has 0 saturated carbocycles. The van der Waals surface area contributed by atoms with Crippen LogP contribution in [0.25, 0.3) is 0 Å². The van der Waals surface area contributed by atoms with E-state index >= 15 is 0 Å². The summed E-state index contributed by atoms with van der Waals surface area (Å²) in [5.74, 6) is -1.05. The summed E-state index contributed by atoms with van der Waals surface area (Å²) in [4.78, 5) is 24.0. The first-order valence-corrected chi connectivity index (χ1v) is 8.21. The van der Waals surface area contributed by atoms with Gasteiger partial charge in [0.1, 0.15) is 24.9 Å². The van der Waals surface area contributed by atoms with Crippen molar-refractivity contribution in [1.29, 1.82) is 0 Å². The normalized spacial score (nSPS) is 30.7. The van der Waals surface area contributed by atoms with Gasteiger partial charge in [0.25, 0.3) is 0 Å². The molecular weight excluding hydrogens is 332 g/mol. The summed E-state index contributed by atoms with van der Waals surface area (Å²) in [6, 6.07) is 0. The Morgan fingerprint density at radius 3 is 1.92 bits per heavy atom. The van der Waals surface area contributed by atoms with Gasteiger partial charge >= 0.3 is 11.9 Å². The third-order valence-electron chi connectivity index (χ3n) is 3.72. The molecule has 0 unspecified atom stereocenters. The summed E-state index contributed by atoms with van der Waals surface area (Å²) in [7, 11) is 1.31. The smallest absolute Gasteiger partial charge is 0.311 e. The average Bonchev–Trinajstić information content (AvgIpc) is 2.48. The molecule has 0 aliphatic carbocycles. The molecule has 8 nitrogen and oxygen atoms in total. The van der Waals surface area contributed by atoms with E-state index in [1.54, 1.807) is 41.5 Å². The van der Waals surface area contributed by atoms with Gasteiger partial charge in [-0.3, -0.25) is 9.59 Å². The van der Waals surface area contributed by atoms with Gasteiger partial charge in [0.15, 0.2) is 12.4 Å². The predicted octanol–water partition coefficient (Wildman–Crippen LogP) is 0.627. The molecule has 0 aromatic carbocycles. The Labute approximate surface area is 148 Å². The molecular formula is C17H30O8. The largest absolute Gasteiger partial charge is 0.462 e. The standard InChI is InChI=1S/C17H30O8/c1-16(2,3)14(20)23-8-9-10(18)12(11(19)13(22-7)24-9)25-15(21)17(4,5)6/h9-13,18-19H,8H2,1-7H3/t9-,10-,11+,12+,13+/m1/s1. The summed E-state index contributed by atoms with van der Waals surface area (Å²) < 4.78 is 20.9. The van der Waals surface area contributed by atoms with Crippen LogP contribution < -0.4 is 0 Å². The Hall–Kier alpha value is -1.22. The highest BCUT2D eigenvalue weighted by atomic mass is 16.7.